The molecule has 1 amide bonds. The van der Waals surface area contributed by atoms with E-state index in [-0.39, 0.29) is 22.2 Å². The Morgan fingerprint density at radius 3 is 2.55 bits per heavy atom. The molecular formula is C10H16ClN5O3S. The zero-order chi connectivity index (χ0) is 15.6. The lowest BCUT2D eigenvalue weighted by atomic mass is 10.0. The summed E-state index contributed by atoms with van der Waals surface area (Å²) in [7, 11) is -3.88. The summed E-state index contributed by atoms with van der Waals surface area (Å²) in [5, 5.41) is 0.0584. The second-order valence-corrected chi connectivity index (χ2v) is 6.87. The predicted molar refractivity (Wildman–Crippen MR) is 75.3 cm³/mol. The fourth-order valence-electron chi connectivity index (χ4n) is 1.57. The molecule has 0 fully saturated rings. The van der Waals surface area contributed by atoms with E-state index in [2.05, 4.69) is 15.1 Å². The Bertz CT molecular complexity index is 617. The predicted octanol–water partition coefficient (Wildman–Crippen LogP) is -0.0471. The monoisotopic (exact) mass is 321 g/mol. The molecule has 0 bridgehead atoms. The molecule has 1 aromatic heterocycles. The first kappa shape index (κ1) is 16.6. The number of hydrogen-bond acceptors (Lipinski definition) is 6. The summed E-state index contributed by atoms with van der Waals surface area (Å²) in [5.41, 5.74) is 6.27. The van der Waals surface area contributed by atoms with Crippen LogP contribution in [-0.2, 0) is 14.8 Å². The summed E-state index contributed by atoms with van der Waals surface area (Å²) < 4.78 is 26.7. The zero-order valence-electron chi connectivity index (χ0n) is 11.0. The van der Waals surface area contributed by atoms with Crippen molar-refractivity contribution in [3.05, 3.63) is 17.3 Å². The smallest absolute Gasteiger partial charge is 0.242 e. The van der Waals surface area contributed by atoms with Gasteiger partial charge >= 0.3 is 0 Å². The lowest BCUT2D eigenvalue weighted by Crippen LogP contribution is -2.45. The van der Waals surface area contributed by atoms with Gasteiger partial charge in [0.2, 0.25) is 15.9 Å². The average molecular weight is 322 g/mol. The number of aromatic nitrogens is 1. The van der Waals surface area contributed by atoms with E-state index < -0.39 is 21.5 Å². The van der Waals surface area contributed by atoms with Crippen molar-refractivity contribution < 1.29 is 13.2 Å². The standard InChI is InChI=1S/C10H16ClN5O3S/c1-10(2,4-8(12)17)16-20(18,19)6-3-7(11)9(15-13)14-5-6/h3,5,16H,4,13H2,1-2H3,(H2,12,17)(H,14,15). The Labute approximate surface area is 121 Å². The molecule has 10 heteroatoms. The van der Waals surface area contributed by atoms with Crippen LogP contribution in [0.1, 0.15) is 20.3 Å². The van der Waals surface area contributed by atoms with Gasteiger partial charge in [0.1, 0.15) is 4.90 Å². The van der Waals surface area contributed by atoms with Crippen molar-refractivity contribution in [1.29, 1.82) is 0 Å². The molecule has 112 valence electrons. The summed E-state index contributed by atoms with van der Waals surface area (Å²) >= 11 is 5.82. The quantitative estimate of drug-likeness (QED) is 0.428. The topological polar surface area (TPSA) is 140 Å². The number of carbonyl (C=O) groups is 1. The number of nitrogen functional groups attached to an aromatic ring is 1. The van der Waals surface area contributed by atoms with Gasteiger partial charge in [0.25, 0.3) is 0 Å². The van der Waals surface area contributed by atoms with Crippen LogP contribution in [0.15, 0.2) is 17.2 Å². The van der Waals surface area contributed by atoms with Crippen molar-refractivity contribution in [3.63, 3.8) is 0 Å². The Kier molecular flexibility index (Phi) is 4.92. The van der Waals surface area contributed by atoms with E-state index in [1.165, 1.54) is 6.07 Å². The van der Waals surface area contributed by atoms with E-state index in [1.807, 2.05) is 0 Å². The molecule has 0 aliphatic rings. The highest BCUT2D eigenvalue weighted by molar-refractivity contribution is 7.89. The van der Waals surface area contributed by atoms with Gasteiger partial charge in [-0.2, -0.15) is 0 Å². The van der Waals surface area contributed by atoms with Gasteiger partial charge in [0, 0.05) is 18.2 Å². The fraction of sp³-hybridized carbons (Fsp3) is 0.400. The number of pyridine rings is 1. The SMILES string of the molecule is CC(C)(CC(N)=O)NS(=O)(=O)c1cnc(NN)c(Cl)c1. The largest absolute Gasteiger partial charge is 0.370 e. The number of nitrogens with two attached hydrogens (primary N) is 2. The molecule has 0 radical (unpaired) electrons. The first-order valence-corrected chi connectivity index (χ1v) is 7.38. The van der Waals surface area contributed by atoms with Crippen LogP contribution in [0.4, 0.5) is 5.82 Å². The maximum Gasteiger partial charge on any atom is 0.242 e. The normalized spacial score (nSPS) is 12.2. The molecule has 0 spiro atoms. The molecule has 0 saturated heterocycles. The minimum Gasteiger partial charge on any atom is -0.370 e. The number of hydrazine groups is 1. The van der Waals surface area contributed by atoms with Crippen LogP contribution in [0.3, 0.4) is 0 Å². The van der Waals surface area contributed by atoms with Crippen LogP contribution >= 0.6 is 11.6 Å². The summed E-state index contributed by atoms with van der Waals surface area (Å²) in [6.45, 7) is 3.08. The van der Waals surface area contributed by atoms with Crippen molar-refractivity contribution >= 4 is 33.3 Å². The van der Waals surface area contributed by atoms with Gasteiger partial charge in [-0.3, -0.25) is 4.79 Å². The molecule has 20 heavy (non-hydrogen) atoms. The lowest BCUT2D eigenvalue weighted by molar-refractivity contribution is -0.119. The number of rotatable bonds is 6. The van der Waals surface area contributed by atoms with Gasteiger partial charge < -0.3 is 11.2 Å². The van der Waals surface area contributed by atoms with E-state index in [0.29, 0.717) is 0 Å². The Balaban J connectivity index is 3.05. The first-order chi connectivity index (χ1) is 9.07. The van der Waals surface area contributed by atoms with Gasteiger partial charge in [0.15, 0.2) is 5.82 Å². The highest BCUT2D eigenvalue weighted by Crippen LogP contribution is 2.22. The molecule has 0 atom stereocenters. The summed E-state index contributed by atoms with van der Waals surface area (Å²) in [6, 6.07) is 1.20. The molecule has 1 aromatic rings. The first-order valence-electron chi connectivity index (χ1n) is 5.52. The number of anilines is 1. The minimum atomic E-state index is -3.88. The van der Waals surface area contributed by atoms with Crippen LogP contribution < -0.4 is 21.7 Å². The number of sulfonamides is 1. The van der Waals surface area contributed by atoms with Crippen LogP contribution in [0.25, 0.3) is 0 Å². The van der Waals surface area contributed by atoms with E-state index in [4.69, 9.17) is 23.2 Å². The number of nitrogens with zero attached hydrogens (tertiary/aromatic N) is 1. The van der Waals surface area contributed by atoms with Gasteiger partial charge in [-0.15, -0.1) is 0 Å². The molecule has 0 saturated carbocycles. The van der Waals surface area contributed by atoms with E-state index >= 15 is 0 Å². The maximum atomic E-state index is 12.2. The molecule has 1 heterocycles. The Morgan fingerprint density at radius 1 is 1.50 bits per heavy atom. The highest BCUT2D eigenvalue weighted by Gasteiger charge is 2.28. The van der Waals surface area contributed by atoms with Gasteiger partial charge in [-0.1, -0.05) is 11.6 Å². The van der Waals surface area contributed by atoms with Crippen molar-refractivity contribution in [2.75, 3.05) is 5.43 Å². The summed E-state index contributed by atoms with van der Waals surface area (Å²) in [4.78, 5) is 14.5. The second kappa shape index (κ2) is 5.92. The summed E-state index contributed by atoms with van der Waals surface area (Å²) in [5.74, 6) is 4.69. The third kappa shape index (κ3) is 4.30. The van der Waals surface area contributed by atoms with Crippen LogP contribution in [0.5, 0.6) is 0 Å². The molecule has 0 aliphatic heterocycles. The molecule has 0 aliphatic carbocycles. The minimum absolute atomic E-state index is 0.0584. The number of carbonyl (C=O) groups excluding carboxylic acids is 1. The molecular weight excluding hydrogens is 306 g/mol. The van der Waals surface area contributed by atoms with E-state index in [9.17, 15) is 13.2 Å². The molecule has 8 nitrogen and oxygen atoms in total. The second-order valence-electron chi connectivity index (χ2n) is 4.78. The van der Waals surface area contributed by atoms with E-state index in [0.717, 1.165) is 6.20 Å². The number of nitrogens with one attached hydrogen (secondary N) is 2. The highest BCUT2D eigenvalue weighted by atomic mass is 35.5. The van der Waals surface area contributed by atoms with Crippen LogP contribution in [0.2, 0.25) is 5.02 Å². The van der Waals surface area contributed by atoms with Gasteiger partial charge in [-0.05, 0) is 19.9 Å². The molecule has 1 rings (SSSR count). The Morgan fingerprint density at radius 2 is 2.10 bits per heavy atom. The van der Waals surface area contributed by atoms with E-state index in [1.54, 1.807) is 13.8 Å². The van der Waals surface area contributed by atoms with Gasteiger partial charge in [-0.25, -0.2) is 24.0 Å². The third-order valence-electron chi connectivity index (χ3n) is 2.29. The molecule has 6 N–H and O–H groups in total. The van der Waals surface area contributed by atoms with Crippen molar-refractivity contribution in [1.82, 2.24) is 9.71 Å². The van der Waals surface area contributed by atoms with Gasteiger partial charge in [0.05, 0.1) is 5.02 Å². The number of hydrogen-bond donors (Lipinski definition) is 4. The third-order valence-corrected chi connectivity index (χ3v) is 4.24. The number of primary amides is 1. The number of amides is 1. The average Bonchev–Trinajstić information content (AvgIpc) is 2.25. The fourth-order valence-corrected chi connectivity index (χ4v) is 3.24. The lowest BCUT2D eigenvalue weighted by Gasteiger charge is -2.24. The zero-order valence-corrected chi connectivity index (χ0v) is 12.5. The Hall–Kier alpha value is -1.42. The maximum absolute atomic E-state index is 12.2. The van der Waals surface area contributed by atoms with Crippen molar-refractivity contribution in [2.24, 2.45) is 11.6 Å². The molecule has 0 unspecified atom stereocenters. The van der Waals surface area contributed by atoms with Crippen LogP contribution in [0, 0.1) is 0 Å². The molecule has 0 aromatic carbocycles. The van der Waals surface area contributed by atoms with Crippen molar-refractivity contribution in [2.45, 2.75) is 30.7 Å². The summed E-state index contributed by atoms with van der Waals surface area (Å²) in [6.07, 6.45) is 0.958. The van der Waals surface area contributed by atoms with Crippen molar-refractivity contribution in [3.8, 4) is 0 Å². The van der Waals surface area contributed by atoms with Crippen LogP contribution in [-0.4, -0.2) is 24.8 Å². The number of halogens is 1.